The van der Waals surface area contributed by atoms with Crippen molar-refractivity contribution in [1.29, 1.82) is 5.26 Å². The fourth-order valence-electron chi connectivity index (χ4n) is 3.24. The number of likely N-dealkylation sites (tertiary alicyclic amines) is 1. The zero-order valence-corrected chi connectivity index (χ0v) is 15.1. The van der Waals surface area contributed by atoms with E-state index in [4.69, 9.17) is 10.00 Å². The largest absolute Gasteiger partial charge is 0.488 e. The molecule has 4 rings (SSSR count). The summed E-state index contributed by atoms with van der Waals surface area (Å²) in [6.07, 6.45) is 4.33. The Morgan fingerprint density at radius 1 is 1.33 bits per heavy atom. The first-order valence-electron chi connectivity index (χ1n) is 8.52. The van der Waals surface area contributed by atoms with E-state index in [2.05, 4.69) is 43.3 Å². The monoisotopic (exact) mass is 389 g/mol. The highest BCUT2D eigenvalue weighted by molar-refractivity contribution is 9.10. The Hall–Kier alpha value is -1.65. The number of hydrogen-bond acceptors (Lipinski definition) is 5. The predicted octanol–water partition coefficient (Wildman–Crippen LogP) is 2.97. The average molecular weight is 390 g/mol. The van der Waals surface area contributed by atoms with Gasteiger partial charge in [0.05, 0.1) is 16.1 Å². The predicted molar refractivity (Wildman–Crippen MR) is 93.7 cm³/mol. The van der Waals surface area contributed by atoms with Crippen molar-refractivity contribution in [2.24, 2.45) is 5.92 Å². The second-order valence-electron chi connectivity index (χ2n) is 6.70. The zero-order chi connectivity index (χ0) is 16.5. The Bertz CT molecular complexity index is 779. The van der Waals surface area contributed by atoms with Crippen molar-refractivity contribution in [3.8, 4) is 11.8 Å². The van der Waals surface area contributed by atoms with Gasteiger partial charge in [-0.25, -0.2) is 4.68 Å². The molecule has 6 nitrogen and oxygen atoms in total. The van der Waals surface area contributed by atoms with E-state index in [0.717, 1.165) is 59.8 Å². The molecule has 2 aromatic rings. The van der Waals surface area contributed by atoms with E-state index in [1.54, 1.807) is 0 Å². The van der Waals surface area contributed by atoms with E-state index in [9.17, 15) is 0 Å². The van der Waals surface area contributed by atoms with Crippen LogP contribution in [0.1, 0.15) is 25.7 Å². The van der Waals surface area contributed by atoms with Crippen LogP contribution in [0.4, 0.5) is 0 Å². The lowest BCUT2D eigenvalue weighted by atomic mass is 10.2. The molecule has 0 radical (unpaired) electrons. The molecule has 0 amide bonds. The van der Waals surface area contributed by atoms with Gasteiger partial charge in [0.15, 0.2) is 0 Å². The summed E-state index contributed by atoms with van der Waals surface area (Å²) in [5.41, 5.74) is 1.93. The molecule has 1 aromatic heterocycles. The van der Waals surface area contributed by atoms with Crippen molar-refractivity contribution >= 4 is 27.0 Å². The summed E-state index contributed by atoms with van der Waals surface area (Å²) < 4.78 is 9.07. The third-order valence-electron chi connectivity index (χ3n) is 4.78. The molecule has 24 heavy (non-hydrogen) atoms. The van der Waals surface area contributed by atoms with E-state index in [1.165, 1.54) is 12.8 Å². The fraction of sp³-hybridized carbons (Fsp3) is 0.588. The highest BCUT2D eigenvalue weighted by Gasteiger charge is 2.26. The molecule has 0 spiro atoms. The fourth-order valence-corrected chi connectivity index (χ4v) is 3.75. The summed E-state index contributed by atoms with van der Waals surface area (Å²) in [6.45, 7) is 3.65. The van der Waals surface area contributed by atoms with E-state index < -0.39 is 0 Å². The molecular weight excluding hydrogens is 370 g/mol. The van der Waals surface area contributed by atoms with Crippen LogP contribution in [-0.2, 0) is 6.54 Å². The van der Waals surface area contributed by atoms with Crippen LogP contribution in [0, 0.1) is 17.2 Å². The van der Waals surface area contributed by atoms with Gasteiger partial charge < -0.3 is 4.74 Å². The maximum absolute atomic E-state index is 8.70. The van der Waals surface area contributed by atoms with Gasteiger partial charge in [-0.1, -0.05) is 5.21 Å². The van der Waals surface area contributed by atoms with Crippen LogP contribution in [0.2, 0.25) is 0 Å². The first-order chi connectivity index (χ1) is 11.7. The van der Waals surface area contributed by atoms with Gasteiger partial charge in [-0.15, -0.1) is 5.10 Å². The van der Waals surface area contributed by atoms with Crippen LogP contribution in [-0.4, -0.2) is 45.6 Å². The van der Waals surface area contributed by atoms with Gasteiger partial charge in [-0.3, -0.25) is 4.90 Å². The molecule has 2 aliphatic rings. The molecule has 126 valence electrons. The number of benzene rings is 1. The minimum atomic E-state index is 0.166. The van der Waals surface area contributed by atoms with Crippen LogP contribution in [0.5, 0.6) is 5.75 Å². The summed E-state index contributed by atoms with van der Waals surface area (Å²) >= 11 is 3.64. The van der Waals surface area contributed by atoms with Gasteiger partial charge in [-0.2, -0.15) is 5.26 Å². The normalized spacial score (nSPS) is 21.2. The second-order valence-corrected chi connectivity index (χ2v) is 7.49. The smallest absolute Gasteiger partial charge is 0.136 e. The Balaban J connectivity index is 1.47. The van der Waals surface area contributed by atoms with Crippen molar-refractivity contribution in [3.05, 3.63) is 16.6 Å². The Labute approximate surface area is 149 Å². The SMILES string of the molecule is N#CCCN1CCC(Oc2ccc3c(nnn3CC3CC3)c2Br)C1. The lowest BCUT2D eigenvalue weighted by Crippen LogP contribution is -2.25. The summed E-state index contributed by atoms with van der Waals surface area (Å²) in [5.74, 6) is 1.59. The van der Waals surface area contributed by atoms with Gasteiger partial charge in [0, 0.05) is 32.6 Å². The number of halogens is 1. The Kier molecular flexibility index (Phi) is 4.42. The molecule has 1 aromatic carbocycles. The molecule has 0 bridgehead atoms. The van der Waals surface area contributed by atoms with Gasteiger partial charge in [0.2, 0.25) is 0 Å². The number of nitriles is 1. The molecule has 1 saturated heterocycles. The average Bonchev–Trinajstić information content (AvgIpc) is 3.13. The van der Waals surface area contributed by atoms with Gasteiger partial charge in [0.1, 0.15) is 17.4 Å². The molecule has 0 N–H and O–H groups in total. The number of fused-ring (bicyclic) bond motifs is 1. The highest BCUT2D eigenvalue weighted by atomic mass is 79.9. The van der Waals surface area contributed by atoms with Crippen LogP contribution >= 0.6 is 15.9 Å². The summed E-state index contributed by atoms with van der Waals surface area (Å²) in [5, 5.41) is 17.3. The van der Waals surface area contributed by atoms with Crippen molar-refractivity contribution in [2.45, 2.75) is 38.3 Å². The number of hydrogen-bond donors (Lipinski definition) is 0. The molecule has 2 heterocycles. The maximum Gasteiger partial charge on any atom is 0.136 e. The molecule has 1 saturated carbocycles. The summed E-state index contributed by atoms with van der Waals surface area (Å²) in [6, 6.07) is 6.27. The quantitative estimate of drug-likeness (QED) is 0.759. The van der Waals surface area contributed by atoms with Crippen LogP contribution in [0.25, 0.3) is 11.0 Å². The zero-order valence-electron chi connectivity index (χ0n) is 13.5. The van der Waals surface area contributed by atoms with E-state index in [-0.39, 0.29) is 6.10 Å². The molecule has 1 unspecified atom stereocenters. The molecular formula is C17H20BrN5O. The van der Waals surface area contributed by atoms with Gasteiger partial charge in [-0.05, 0) is 53.2 Å². The molecule has 1 aliphatic heterocycles. The van der Waals surface area contributed by atoms with Crippen molar-refractivity contribution in [2.75, 3.05) is 19.6 Å². The molecule has 1 atom stereocenters. The first kappa shape index (κ1) is 15.9. The maximum atomic E-state index is 8.70. The highest BCUT2D eigenvalue weighted by Crippen LogP contribution is 2.35. The first-order valence-corrected chi connectivity index (χ1v) is 9.31. The molecule has 2 fully saturated rings. The van der Waals surface area contributed by atoms with Gasteiger partial charge in [0.25, 0.3) is 0 Å². The third-order valence-corrected chi connectivity index (χ3v) is 5.55. The van der Waals surface area contributed by atoms with Crippen LogP contribution in [0.3, 0.4) is 0 Å². The lowest BCUT2D eigenvalue weighted by Gasteiger charge is -2.16. The molecule has 7 heteroatoms. The van der Waals surface area contributed by atoms with Crippen molar-refractivity contribution < 1.29 is 4.74 Å². The van der Waals surface area contributed by atoms with Crippen molar-refractivity contribution in [3.63, 3.8) is 0 Å². The van der Waals surface area contributed by atoms with E-state index >= 15 is 0 Å². The number of nitrogens with zero attached hydrogens (tertiary/aromatic N) is 5. The minimum absolute atomic E-state index is 0.166. The number of ether oxygens (including phenoxy) is 1. The third kappa shape index (κ3) is 3.26. The lowest BCUT2D eigenvalue weighted by molar-refractivity contribution is 0.200. The Morgan fingerprint density at radius 2 is 2.21 bits per heavy atom. The van der Waals surface area contributed by atoms with Crippen LogP contribution in [0.15, 0.2) is 16.6 Å². The van der Waals surface area contributed by atoms with Crippen LogP contribution < -0.4 is 4.74 Å². The molecule has 1 aliphatic carbocycles. The summed E-state index contributed by atoms with van der Waals surface area (Å²) in [4.78, 5) is 2.28. The minimum Gasteiger partial charge on any atom is -0.488 e. The topological polar surface area (TPSA) is 67.0 Å². The van der Waals surface area contributed by atoms with Crippen molar-refractivity contribution in [1.82, 2.24) is 19.9 Å². The van der Waals surface area contributed by atoms with E-state index in [1.807, 2.05) is 10.7 Å². The summed E-state index contributed by atoms with van der Waals surface area (Å²) in [7, 11) is 0. The Morgan fingerprint density at radius 3 is 3.00 bits per heavy atom. The second kappa shape index (κ2) is 6.69. The standard InChI is InChI=1S/C17H20BrN5O/c18-16-15(24-13-6-9-22(11-13)8-1-7-19)5-4-14-17(16)20-21-23(14)10-12-2-3-12/h4-5,12-13H,1-3,6,8-11H2. The number of rotatable bonds is 6. The van der Waals surface area contributed by atoms with Gasteiger partial charge >= 0.3 is 0 Å². The van der Waals surface area contributed by atoms with E-state index in [0.29, 0.717) is 6.42 Å². The number of aromatic nitrogens is 3.